The van der Waals surface area contributed by atoms with Crippen molar-refractivity contribution in [3.63, 3.8) is 0 Å². The first-order chi connectivity index (χ1) is 9.50. The van der Waals surface area contributed by atoms with Gasteiger partial charge in [-0.1, -0.05) is 19.3 Å². The molecule has 0 aliphatic heterocycles. The minimum absolute atomic E-state index is 0.0384. The summed E-state index contributed by atoms with van der Waals surface area (Å²) in [5, 5.41) is 21.9. The summed E-state index contributed by atoms with van der Waals surface area (Å²) < 4.78 is 0. The predicted octanol–water partition coefficient (Wildman–Crippen LogP) is 2.52. The van der Waals surface area contributed by atoms with Crippen molar-refractivity contribution in [2.24, 2.45) is 0 Å². The Labute approximate surface area is 119 Å². The van der Waals surface area contributed by atoms with Gasteiger partial charge in [-0.05, 0) is 29.7 Å². The quantitative estimate of drug-likeness (QED) is 0.744. The maximum Gasteiger partial charge on any atom is 0.394 e. The van der Waals surface area contributed by atoms with Crippen LogP contribution in [0, 0.1) is 0 Å². The van der Waals surface area contributed by atoms with E-state index < -0.39 is 17.8 Å². The highest BCUT2D eigenvalue weighted by Crippen LogP contribution is 2.40. The number of amides is 1. The third-order valence-corrected chi connectivity index (χ3v) is 4.41. The maximum absolute atomic E-state index is 11.4. The lowest BCUT2D eigenvalue weighted by atomic mass is 9.83. The van der Waals surface area contributed by atoms with Crippen LogP contribution in [0.25, 0.3) is 0 Å². The van der Waals surface area contributed by atoms with Gasteiger partial charge in [0.1, 0.15) is 5.00 Å². The number of carbonyl (C=O) groups excluding carboxylic acids is 1. The summed E-state index contributed by atoms with van der Waals surface area (Å²) >= 11 is 1.07. The van der Waals surface area contributed by atoms with E-state index >= 15 is 0 Å². The maximum atomic E-state index is 11.4. The third-order valence-electron chi connectivity index (χ3n) is 3.50. The molecule has 0 bridgehead atoms. The smallest absolute Gasteiger partial charge is 0.394 e. The van der Waals surface area contributed by atoms with E-state index in [9.17, 15) is 19.5 Å². The van der Waals surface area contributed by atoms with Crippen molar-refractivity contribution in [3.8, 4) is 0 Å². The van der Waals surface area contributed by atoms with Gasteiger partial charge in [-0.2, -0.15) is 0 Å². The van der Waals surface area contributed by atoms with Crippen LogP contribution in [0.15, 0.2) is 5.38 Å². The highest BCUT2D eigenvalue weighted by Gasteiger charge is 2.27. The molecule has 7 heteroatoms. The zero-order valence-corrected chi connectivity index (χ0v) is 11.5. The molecule has 3 N–H and O–H groups in total. The van der Waals surface area contributed by atoms with Crippen LogP contribution in [0.4, 0.5) is 5.00 Å². The molecule has 1 saturated carbocycles. The fraction of sp³-hybridized carbons (Fsp3) is 0.462. The summed E-state index contributed by atoms with van der Waals surface area (Å²) in [4.78, 5) is 33.1. The first-order valence-corrected chi connectivity index (χ1v) is 7.27. The second-order valence-corrected chi connectivity index (χ2v) is 5.67. The second kappa shape index (κ2) is 6.04. The van der Waals surface area contributed by atoms with Gasteiger partial charge in [-0.15, -0.1) is 11.3 Å². The molecule has 0 saturated heterocycles. The molecule has 1 aromatic heterocycles. The van der Waals surface area contributed by atoms with E-state index in [1.54, 1.807) is 5.38 Å². The first kappa shape index (κ1) is 14.5. The molecule has 0 atom stereocenters. The number of nitrogens with one attached hydrogen (secondary N) is 1. The Morgan fingerprint density at radius 2 is 1.80 bits per heavy atom. The zero-order chi connectivity index (χ0) is 14.7. The Morgan fingerprint density at radius 3 is 2.35 bits per heavy atom. The second-order valence-electron chi connectivity index (χ2n) is 4.79. The number of hydrogen-bond donors (Lipinski definition) is 3. The van der Waals surface area contributed by atoms with Gasteiger partial charge in [0.25, 0.3) is 0 Å². The minimum Gasteiger partial charge on any atom is -0.478 e. The average Bonchev–Trinajstić information content (AvgIpc) is 2.83. The fourth-order valence-corrected chi connectivity index (χ4v) is 3.58. The number of hydrogen-bond acceptors (Lipinski definition) is 4. The number of carboxylic acids is 2. The van der Waals surface area contributed by atoms with Crippen LogP contribution in [0.3, 0.4) is 0 Å². The van der Waals surface area contributed by atoms with Gasteiger partial charge in [0.2, 0.25) is 0 Å². The van der Waals surface area contributed by atoms with Gasteiger partial charge in [-0.3, -0.25) is 4.79 Å². The molecule has 0 spiro atoms. The predicted molar refractivity (Wildman–Crippen MR) is 73.4 cm³/mol. The molecule has 1 aliphatic carbocycles. The fourth-order valence-electron chi connectivity index (χ4n) is 2.55. The van der Waals surface area contributed by atoms with Crippen molar-refractivity contribution in [2.75, 3.05) is 5.32 Å². The topological polar surface area (TPSA) is 104 Å². The van der Waals surface area contributed by atoms with Gasteiger partial charge in [0, 0.05) is 0 Å². The first-order valence-electron chi connectivity index (χ1n) is 6.39. The molecule has 1 heterocycles. The number of anilines is 1. The number of rotatable bonds is 3. The van der Waals surface area contributed by atoms with Crippen LogP contribution in [-0.2, 0) is 9.59 Å². The van der Waals surface area contributed by atoms with Gasteiger partial charge in [0.15, 0.2) is 0 Å². The largest absolute Gasteiger partial charge is 0.478 e. The molecule has 20 heavy (non-hydrogen) atoms. The highest BCUT2D eigenvalue weighted by molar-refractivity contribution is 7.15. The third kappa shape index (κ3) is 2.98. The van der Waals surface area contributed by atoms with Crippen LogP contribution in [0.2, 0.25) is 0 Å². The van der Waals surface area contributed by atoms with E-state index in [1.807, 2.05) is 0 Å². The van der Waals surface area contributed by atoms with E-state index in [-0.39, 0.29) is 16.5 Å². The van der Waals surface area contributed by atoms with Crippen LogP contribution in [0.1, 0.15) is 53.9 Å². The van der Waals surface area contributed by atoms with Gasteiger partial charge >= 0.3 is 17.8 Å². The molecule has 108 valence electrons. The van der Waals surface area contributed by atoms with E-state index in [4.69, 9.17) is 5.11 Å². The van der Waals surface area contributed by atoms with E-state index in [2.05, 4.69) is 5.32 Å². The van der Waals surface area contributed by atoms with Crippen molar-refractivity contribution >= 4 is 34.2 Å². The van der Waals surface area contributed by atoms with Crippen LogP contribution in [-0.4, -0.2) is 28.1 Å². The average molecular weight is 297 g/mol. The minimum atomic E-state index is -1.63. The molecule has 0 unspecified atom stereocenters. The van der Waals surface area contributed by atoms with E-state index in [1.165, 1.54) is 0 Å². The van der Waals surface area contributed by atoms with Crippen LogP contribution < -0.4 is 5.32 Å². The van der Waals surface area contributed by atoms with Crippen LogP contribution >= 0.6 is 11.3 Å². The summed E-state index contributed by atoms with van der Waals surface area (Å²) in [7, 11) is 0. The van der Waals surface area contributed by atoms with Crippen molar-refractivity contribution < 1.29 is 24.6 Å². The van der Waals surface area contributed by atoms with Crippen molar-refractivity contribution in [1.29, 1.82) is 0 Å². The summed E-state index contributed by atoms with van der Waals surface area (Å²) in [5.41, 5.74) is 0.749. The Hall–Kier alpha value is -1.89. The summed E-state index contributed by atoms with van der Waals surface area (Å²) in [6.07, 6.45) is 5.16. The van der Waals surface area contributed by atoms with Crippen molar-refractivity contribution in [1.82, 2.24) is 0 Å². The van der Waals surface area contributed by atoms with Gasteiger partial charge in [-0.25, -0.2) is 9.59 Å². The molecular weight excluding hydrogens is 282 g/mol. The molecular formula is C13H15NO5S. The Morgan fingerprint density at radius 1 is 1.15 bits per heavy atom. The van der Waals surface area contributed by atoms with E-state index in [0.29, 0.717) is 5.56 Å². The lowest BCUT2D eigenvalue weighted by Crippen LogP contribution is -2.22. The SMILES string of the molecule is O=C(O)C(=O)Nc1scc(C2CCCCC2)c1C(=O)O. The van der Waals surface area contributed by atoms with E-state index in [0.717, 1.165) is 43.4 Å². The lowest BCUT2D eigenvalue weighted by molar-refractivity contribution is -0.147. The Bertz CT molecular complexity index is 545. The number of thiophene rings is 1. The summed E-state index contributed by atoms with van der Waals surface area (Å²) in [6.45, 7) is 0. The number of aliphatic carboxylic acids is 1. The van der Waals surface area contributed by atoms with Crippen molar-refractivity contribution in [2.45, 2.75) is 38.0 Å². The van der Waals surface area contributed by atoms with Gasteiger partial charge < -0.3 is 15.5 Å². The summed E-state index contributed by atoms with van der Waals surface area (Å²) in [6, 6.07) is 0. The highest BCUT2D eigenvalue weighted by atomic mass is 32.1. The van der Waals surface area contributed by atoms with Crippen LogP contribution in [0.5, 0.6) is 0 Å². The van der Waals surface area contributed by atoms with Gasteiger partial charge in [0.05, 0.1) is 5.56 Å². The molecule has 0 radical (unpaired) electrons. The lowest BCUT2D eigenvalue weighted by Gasteiger charge is -2.21. The number of carboxylic acid groups (broad SMARTS) is 2. The monoisotopic (exact) mass is 297 g/mol. The molecule has 1 aromatic rings. The molecule has 0 aromatic carbocycles. The molecule has 1 fully saturated rings. The molecule has 6 nitrogen and oxygen atoms in total. The molecule has 1 aliphatic rings. The number of aromatic carboxylic acids is 1. The molecule has 2 rings (SSSR count). The Balaban J connectivity index is 2.29. The summed E-state index contributed by atoms with van der Waals surface area (Å²) in [5.74, 6) is -3.80. The zero-order valence-electron chi connectivity index (χ0n) is 10.7. The molecule has 1 amide bonds. The number of carbonyl (C=O) groups is 3. The normalized spacial score (nSPS) is 15.8. The Kier molecular flexibility index (Phi) is 4.39. The van der Waals surface area contributed by atoms with Crippen molar-refractivity contribution in [3.05, 3.63) is 16.5 Å². The standard InChI is InChI=1S/C13H15NO5S/c15-10(13(18)19)14-11-9(12(16)17)8(6-20-11)7-4-2-1-3-5-7/h6-7H,1-5H2,(H,14,15)(H,16,17)(H,18,19).